The first-order valence-electron chi connectivity index (χ1n) is 8.71. The number of piperidine rings is 1. The number of aliphatic hydroxyl groups is 1. The van der Waals surface area contributed by atoms with Crippen LogP contribution < -0.4 is 4.74 Å². The van der Waals surface area contributed by atoms with Gasteiger partial charge in [-0.3, -0.25) is 4.98 Å². The molecule has 126 valence electrons. The maximum absolute atomic E-state index is 11.2. The van der Waals surface area contributed by atoms with E-state index in [1.54, 1.807) is 12.4 Å². The first-order valence-corrected chi connectivity index (χ1v) is 8.71. The van der Waals surface area contributed by atoms with Crippen LogP contribution in [0.2, 0.25) is 0 Å². The molecule has 0 aliphatic carbocycles. The van der Waals surface area contributed by atoms with E-state index in [0.717, 1.165) is 29.7 Å². The highest BCUT2D eigenvalue weighted by Gasteiger charge is 2.46. The fraction of sp³-hybridized carbons (Fsp3) is 0.450. The number of fused-ring (bicyclic) bond motifs is 2. The van der Waals surface area contributed by atoms with E-state index < -0.39 is 5.60 Å². The molecule has 0 spiro atoms. The molecule has 2 fully saturated rings. The zero-order valence-corrected chi connectivity index (χ0v) is 14.1. The van der Waals surface area contributed by atoms with Gasteiger partial charge >= 0.3 is 0 Å². The molecule has 1 aromatic carbocycles. The largest absolute Gasteiger partial charge is 0.487 e. The van der Waals surface area contributed by atoms with Crippen molar-refractivity contribution >= 4 is 0 Å². The molecule has 1 N–H and O–H groups in total. The second-order valence-electron chi connectivity index (χ2n) is 7.17. The normalized spacial score (nSPS) is 29.6. The zero-order valence-electron chi connectivity index (χ0n) is 14.1. The molecule has 3 heterocycles. The molecule has 2 aromatic rings. The lowest BCUT2D eigenvalue weighted by Gasteiger charge is -2.42. The van der Waals surface area contributed by atoms with Crippen LogP contribution in [0.15, 0.2) is 48.8 Å². The molecular weight excluding hydrogens is 300 g/mol. The van der Waals surface area contributed by atoms with Gasteiger partial charge in [0.25, 0.3) is 0 Å². The van der Waals surface area contributed by atoms with Crippen molar-refractivity contribution in [1.29, 1.82) is 0 Å². The molecule has 0 radical (unpaired) electrons. The molecule has 2 unspecified atom stereocenters. The van der Waals surface area contributed by atoms with Crippen LogP contribution in [0.5, 0.6) is 5.75 Å². The van der Waals surface area contributed by atoms with Crippen molar-refractivity contribution in [3.05, 3.63) is 59.9 Å². The number of aromatic nitrogens is 1. The summed E-state index contributed by atoms with van der Waals surface area (Å²) in [6, 6.07) is 13.0. The van der Waals surface area contributed by atoms with E-state index in [4.69, 9.17) is 4.74 Å². The number of ether oxygens (including phenoxy) is 1. The SMILES string of the molecule is CN1C2CCC1CC(O)(c1cncc(OCc3ccccc3)c1)C2. The second kappa shape index (κ2) is 6.19. The monoisotopic (exact) mass is 324 g/mol. The van der Waals surface area contributed by atoms with Crippen molar-refractivity contribution in [2.75, 3.05) is 7.05 Å². The summed E-state index contributed by atoms with van der Waals surface area (Å²) in [5.74, 6) is 0.719. The van der Waals surface area contributed by atoms with Crippen LogP contribution in [0.3, 0.4) is 0 Å². The van der Waals surface area contributed by atoms with Gasteiger partial charge < -0.3 is 14.7 Å². The molecule has 4 rings (SSSR count). The maximum atomic E-state index is 11.2. The van der Waals surface area contributed by atoms with E-state index in [-0.39, 0.29) is 0 Å². The number of benzene rings is 1. The van der Waals surface area contributed by atoms with Crippen molar-refractivity contribution in [1.82, 2.24) is 9.88 Å². The first kappa shape index (κ1) is 15.6. The summed E-state index contributed by atoms with van der Waals surface area (Å²) >= 11 is 0. The topological polar surface area (TPSA) is 45.6 Å². The van der Waals surface area contributed by atoms with E-state index in [1.807, 2.05) is 36.4 Å². The summed E-state index contributed by atoms with van der Waals surface area (Å²) in [7, 11) is 2.18. The van der Waals surface area contributed by atoms with Crippen molar-refractivity contribution < 1.29 is 9.84 Å². The van der Waals surface area contributed by atoms with Gasteiger partial charge in [0, 0.05) is 23.8 Å². The quantitative estimate of drug-likeness (QED) is 0.939. The average molecular weight is 324 g/mol. The minimum absolute atomic E-state index is 0.475. The molecule has 24 heavy (non-hydrogen) atoms. The van der Waals surface area contributed by atoms with Gasteiger partial charge in [-0.1, -0.05) is 30.3 Å². The van der Waals surface area contributed by atoms with Crippen LogP contribution in [-0.2, 0) is 12.2 Å². The number of nitrogens with zero attached hydrogens (tertiary/aromatic N) is 2. The Bertz CT molecular complexity index is 690. The third-order valence-corrected chi connectivity index (χ3v) is 5.63. The Kier molecular flexibility index (Phi) is 4.02. The molecule has 1 aromatic heterocycles. The standard InChI is InChI=1S/C20H24N2O2/c1-22-17-7-8-18(22)11-20(23,10-17)16-9-19(13-21-12-16)24-14-15-5-3-2-4-6-15/h2-6,9,12-13,17-18,23H,7-8,10-11,14H2,1H3. The molecule has 2 aliphatic heterocycles. The van der Waals surface area contributed by atoms with E-state index in [9.17, 15) is 5.11 Å². The average Bonchev–Trinajstić information content (AvgIpc) is 2.83. The minimum atomic E-state index is -0.780. The molecule has 0 amide bonds. The van der Waals surface area contributed by atoms with Crippen molar-refractivity contribution in [2.45, 2.75) is 50.0 Å². The number of rotatable bonds is 4. The van der Waals surface area contributed by atoms with E-state index in [1.165, 1.54) is 12.8 Å². The summed E-state index contributed by atoms with van der Waals surface area (Å²) in [4.78, 5) is 6.74. The highest BCUT2D eigenvalue weighted by molar-refractivity contribution is 5.30. The van der Waals surface area contributed by atoms with Crippen LogP contribution in [0, 0.1) is 0 Å². The highest BCUT2D eigenvalue weighted by atomic mass is 16.5. The molecular formula is C20H24N2O2. The Labute approximate surface area is 143 Å². The summed E-state index contributed by atoms with van der Waals surface area (Å²) in [6.07, 6.45) is 7.44. The van der Waals surface area contributed by atoms with Gasteiger partial charge in [-0.15, -0.1) is 0 Å². The van der Waals surface area contributed by atoms with Gasteiger partial charge in [-0.05, 0) is 44.4 Å². The summed E-state index contributed by atoms with van der Waals surface area (Å²) in [5, 5.41) is 11.2. The molecule has 2 saturated heterocycles. The molecule has 2 aliphatic rings. The van der Waals surface area contributed by atoms with E-state index in [0.29, 0.717) is 18.7 Å². The van der Waals surface area contributed by atoms with E-state index in [2.05, 4.69) is 16.9 Å². The molecule has 0 saturated carbocycles. The first-order chi connectivity index (χ1) is 11.6. The number of hydrogen-bond acceptors (Lipinski definition) is 4. The number of pyridine rings is 1. The molecule has 2 atom stereocenters. The van der Waals surface area contributed by atoms with Crippen LogP contribution in [0.25, 0.3) is 0 Å². The van der Waals surface area contributed by atoms with Gasteiger partial charge in [0.15, 0.2) is 0 Å². The zero-order chi connectivity index (χ0) is 16.6. The minimum Gasteiger partial charge on any atom is -0.487 e. The van der Waals surface area contributed by atoms with Gasteiger partial charge in [-0.2, -0.15) is 0 Å². The Hall–Kier alpha value is -1.91. The van der Waals surface area contributed by atoms with Crippen LogP contribution in [0.1, 0.15) is 36.8 Å². The predicted octanol–water partition coefficient (Wildman–Crippen LogP) is 3.10. The van der Waals surface area contributed by atoms with E-state index >= 15 is 0 Å². The lowest BCUT2D eigenvalue weighted by Crippen LogP contribution is -2.47. The lowest BCUT2D eigenvalue weighted by atomic mass is 9.81. The van der Waals surface area contributed by atoms with Crippen LogP contribution in [-0.4, -0.2) is 34.1 Å². The van der Waals surface area contributed by atoms with Crippen molar-refractivity contribution in [2.24, 2.45) is 0 Å². The van der Waals surface area contributed by atoms with Crippen molar-refractivity contribution in [3.8, 4) is 5.75 Å². The fourth-order valence-electron chi connectivity index (χ4n) is 4.17. The highest BCUT2D eigenvalue weighted by Crippen LogP contribution is 2.45. The Morgan fingerprint density at radius 2 is 1.88 bits per heavy atom. The summed E-state index contributed by atoms with van der Waals surface area (Å²) < 4.78 is 5.87. The maximum Gasteiger partial charge on any atom is 0.138 e. The molecule has 4 nitrogen and oxygen atoms in total. The van der Waals surface area contributed by atoms with Gasteiger partial charge in [0.05, 0.1) is 11.8 Å². The Balaban J connectivity index is 1.50. The Morgan fingerprint density at radius 3 is 2.58 bits per heavy atom. The fourth-order valence-corrected chi connectivity index (χ4v) is 4.17. The Morgan fingerprint density at radius 1 is 1.17 bits per heavy atom. The van der Waals surface area contributed by atoms with Crippen molar-refractivity contribution in [3.63, 3.8) is 0 Å². The summed E-state index contributed by atoms with van der Waals surface area (Å²) in [5.41, 5.74) is 1.23. The second-order valence-corrected chi connectivity index (χ2v) is 7.17. The lowest BCUT2D eigenvalue weighted by molar-refractivity contribution is -0.0496. The third kappa shape index (κ3) is 2.92. The predicted molar refractivity (Wildman–Crippen MR) is 92.7 cm³/mol. The number of hydrogen-bond donors (Lipinski definition) is 1. The van der Waals surface area contributed by atoms with Gasteiger partial charge in [0.2, 0.25) is 0 Å². The van der Waals surface area contributed by atoms with Gasteiger partial charge in [0.1, 0.15) is 12.4 Å². The molecule has 4 heteroatoms. The van der Waals surface area contributed by atoms with Gasteiger partial charge in [-0.25, -0.2) is 0 Å². The van der Waals surface area contributed by atoms with Crippen LogP contribution in [0.4, 0.5) is 0 Å². The third-order valence-electron chi connectivity index (χ3n) is 5.63. The van der Waals surface area contributed by atoms with Crippen LogP contribution >= 0.6 is 0 Å². The summed E-state index contributed by atoms with van der Waals surface area (Å²) in [6.45, 7) is 0.512. The smallest absolute Gasteiger partial charge is 0.138 e. The molecule has 2 bridgehead atoms.